The van der Waals surface area contributed by atoms with E-state index in [9.17, 15) is 8.78 Å². The summed E-state index contributed by atoms with van der Waals surface area (Å²) in [6, 6.07) is 9.48. The predicted octanol–water partition coefficient (Wildman–Crippen LogP) is 4.86. The Bertz CT molecular complexity index is 608. The zero-order valence-corrected chi connectivity index (χ0v) is 13.3. The van der Waals surface area contributed by atoms with Crippen LogP contribution in [-0.4, -0.2) is 13.7 Å². The zero-order chi connectivity index (χ0) is 15.4. The smallest absolute Gasteiger partial charge is 0.134 e. The van der Waals surface area contributed by atoms with E-state index in [1.54, 1.807) is 18.2 Å². The van der Waals surface area contributed by atoms with Gasteiger partial charge < -0.3 is 9.47 Å². The SMILES string of the molecule is CCOc1ccccc1C(Br)c1c(F)cc(OC)cc1F. The van der Waals surface area contributed by atoms with Crippen LogP contribution in [0.25, 0.3) is 0 Å². The molecule has 0 fully saturated rings. The minimum atomic E-state index is -0.667. The molecule has 0 aliphatic rings. The van der Waals surface area contributed by atoms with Crippen LogP contribution in [0.2, 0.25) is 0 Å². The fourth-order valence-electron chi connectivity index (χ4n) is 2.05. The Labute approximate surface area is 130 Å². The number of methoxy groups -OCH3 is 1. The second kappa shape index (κ2) is 6.89. The van der Waals surface area contributed by atoms with Crippen molar-refractivity contribution in [2.75, 3.05) is 13.7 Å². The molecule has 1 unspecified atom stereocenters. The molecule has 112 valence electrons. The highest BCUT2D eigenvalue weighted by Gasteiger charge is 2.23. The minimum absolute atomic E-state index is 0.0667. The van der Waals surface area contributed by atoms with E-state index in [0.29, 0.717) is 17.9 Å². The van der Waals surface area contributed by atoms with Gasteiger partial charge in [0.15, 0.2) is 0 Å². The van der Waals surface area contributed by atoms with Gasteiger partial charge in [-0.2, -0.15) is 0 Å². The molecular weight excluding hydrogens is 342 g/mol. The van der Waals surface area contributed by atoms with Crippen LogP contribution in [0.3, 0.4) is 0 Å². The van der Waals surface area contributed by atoms with Gasteiger partial charge in [0.25, 0.3) is 0 Å². The maximum Gasteiger partial charge on any atom is 0.134 e. The molecule has 0 aromatic heterocycles. The van der Waals surface area contributed by atoms with E-state index in [1.165, 1.54) is 7.11 Å². The molecule has 0 amide bonds. The lowest BCUT2D eigenvalue weighted by Crippen LogP contribution is -2.04. The lowest BCUT2D eigenvalue weighted by molar-refractivity contribution is 0.337. The summed E-state index contributed by atoms with van der Waals surface area (Å²) in [6.45, 7) is 2.33. The summed E-state index contributed by atoms with van der Waals surface area (Å²) < 4.78 is 38.7. The molecule has 2 aromatic carbocycles. The molecule has 5 heteroatoms. The van der Waals surface area contributed by atoms with Gasteiger partial charge in [-0.1, -0.05) is 34.1 Å². The van der Waals surface area contributed by atoms with Gasteiger partial charge in [0.05, 0.1) is 18.5 Å². The average molecular weight is 357 g/mol. The Morgan fingerprint density at radius 3 is 2.33 bits per heavy atom. The van der Waals surface area contributed by atoms with Crippen LogP contribution < -0.4 is 9.47 Å². The molecule has 0 aliphatic heterocycles. The molecule has 0 bridgehead atoms. The first-order valence-corrected chi connectivity index (χ1v) is 7.38. The lowest BCUT2D eigenvalue weighted by Gasteiger charge is -2.17. The predicted molar refractivity (Wildman–Crippen MR) is 81.3 cm³/mol. The van der Waals surface area contributed by atoms with E-state index >= 15 is 0 Å². The third kappa shape index (κ3) is 3.35. The van der Waals surface area contributed by atoms with Crippen LogP contribution in [0.15, 0.2) is 36.4 Å². The summed E-state index contributed by atoms with van der Waals surface area (Å²) in [5.74, 6) is -0.594. The van der Waals surface area contributed by atoms with E-state index in [0.717, 1.165) is 12.1 Å². The van der Waals surface area contributed by atoms with E-state index in [-0.39, 0.29) is 11.3 Å². The van der Waals surface area contributed by atoms with E-state index < -0.39 is 16.5 Å². The second-order valence-electron chi connectivity index (χ2n) is 4.34. The molecule has 2 nitrogen and oxygen atoms in total. The lowest BCUT2D eigenvalue weighted by atomic mass is 10.0. The highest BCUT2D eigenvalue weighted by molar-refractivity contribution is 9.09. The first-order valence-electron chi connectivity index (χ1n) is 6.47. The van der Waals surface area contributed by atoms with Crippen molar-refractivity contribution in [2.24, 2.45) is 0 Å². The zero-order valence-electron chi connectivity index (χ0n) is 11.7. The van der Waals surface area contributed by atoms with Crippen molar-refractivity contribution in [2.45, 2.75) is 11.8 Å². The molecule has 0 aliphatic carbocycles. The van der Waals surface area contributed by atoms with Crippen molar-refractivity contribution in [1.82, 2.24) is 0 Å². The summed E-state index contributed by atoms with van der Waals surface area (Å²) in [5.41, 5.74) is 0.602. The third-order valence-electron chi connectivity index (χ3n) is 3.03. The topological polar surface area (TPSA) is 18.5 Å². The summed E-state index contributed by atoms with van der Waals surface area (Å²) in [4.78, 5) is -0.647. The van der Waals surface area contributed by atoms with Gasteiger partial charge in [-0.25, -0.2) is 8.78 Å². The number of alkyl halides is 1. The van der Waals surface area contributed by atoms with Gasteiger partial charge >= 0.3 is 0 Å². The van der Waals surface area contributed by atoms with Gasteiger partial charge in [0.2, 0.25) is 0 Å². The number of para-hydroxylation sites is 1. The summed E-state index contributed by atoms with van der Waals surface area (Å²) in [6.07, 6.45) is 0. The van der Waals surface area contributed by atoms with Crippen LogP contribution >= 0.6 is 15.9 Å². The molecule has 1 atom stereocenters. The fraction of sp³-hybridized carbons (Fsp3) is 0.250. The maximum absolute atomic E-state index is 14.2. The Balaban J connectivity index is 2.47. The van der Waals surface area contributed by atoms with Gasteiger partial charge in [-0.3, -0.25) is 0 Å². The molecule has 0 radical (unpaired) electrons. The maximum atomic E-state index is 14.2. The Morgan fingerprint density at radius 2 is 1.76 bits per heavy atom. The van der Waals surface area contributed by atoms with E-state index in [2.05, 4.69) is 15.9 Å². The van der Waals surface area contributed by atoms with E-state index in [1.807, 2.05) is 13.0 Å². The number of rotatable bonds is 5. The standard InChI is InChI=1S/C16H15BrF2O2/c1-3-21-14-7-5-4-6-11(14)16(17)15-12(18)8-10(20-2)9-13(15)19/h4-9,16H,3H2,1-2H3. The van der Waals surface area contributed by atoms with Crippen LogP contribution in [0, 0.1) is 11.6 Å². The summed E-state index contributed by atoms with van der Waals surface area (Å²) in [5, 5.41) is 0. The molecule has 21 heavy (non-hydrogen) atoms. The molecule has 0 heterocycles. The number of benzene rings is 2. The first-order chi connectivity index (χ1) is 10.1. The van der Waals surface area contributed by atoms with Crippen molar-refractivity contribution < 1.29 is 18.3 Å². The average Bonchev–Trinajstić information content (AvgIpc) is 2.47. The quantitative estimate of drug-likeness (QED) is 0.712. The Morgan fingerprint density at radius 1 is 1.14 bits per heavy atom. The van der Waals surface area contributed by atoms with Crippen molar-refractivity contribution in [3.05, 3.63) is 59.2 Å². The normalized spacial score (nSPS) is 12.0. The van der Waals surface area contributed by atoms with Gasteiger partial charge in [0, 0.05) is 23.3 Å². The number of ether oxygens (including phenoxy) is 2. The van der Waals surface area contributed by atoms with Crippen molar-refractivity contribution >= 4 is 15.9 Å². The molecule has 0 spiro atoms. The van der Waals surface area contributed by atoms with Gasteiger partial charge in [-0.05, 0) is 13.0 Å². The number of halogens is 3. The highest BCUT2D eigenvalue weighted by Crippen LogP contribution is 2.39. The second-order valence-corrected chi connectivity index (χ2v) is 5.25. The van der Waals surface area contributed by atoms with Crippen LogP contribution in [0.1, 0.15) is 22.9 Å². The van der Waals surface area contributed by atoms with Crippen molar-refractivity contribution in [3.63, 3.8) is 0 Å². The molecule has 2 aromatic rings. The van der Waals surface area contributed by atoms with Crippen molar-refractivity contribution in [1.29, 1.82) is 0 Å². The monoisotopic (exact) mass is 356 g/mol. The Hall–Kier alpha value is -1.62. The van der Waals surface area contributed by atoms with Gasteiger partial charge in [-0.15, -0.1) is 0 Å². The molecule has 0 saturated heterocycles. The molecular formula is C16H15BrF2O2. The number of hydrogen-bond acceptors (Lipinski definition) is 2. The fourth-order valence-corrected chi connectivity index (χ4v) is 2.87. The van der Waals surface area contributed by atoms with E-state index in [4.69, 9.17) is 9.47 Å². The minimum Gasteiger partial charge on any atom is -0.497 e. The summed E-state index contributed by atoms with van der Waals surface area (Å²) in [7, 11) is 1.36. The largest absolute Gasteiger partial charge is 0.497 e. The van der Waals surface area contributed by atoms with Crippen molar-refractivity contribution in [3.8, 4) is 11.5 Å². The molecule has 0 N–H and O–H groups in total. The molecule has 0 saturated carbocycles. The first kappa shape index (κ1) is 15.8. The van der Waals surface area contributed by atoms with Crippen LogP contribution in [-0.2, 0) is 0 Å². The van der Waals surface area contributed by atoms with Gasteiger partial charge in [0.1, 0.15) is 23.1 Å². The van der Waals surface area contributed by atoms with Crippen LogP contribution in [0.5, 0.6) is 11.5 Å². The molecule has 2 rings (SSSR count). The number of hydrogen-bond donors (Lipinski definition) is 0. The third-order valence-corrected chi connectivity index (χ3v) is 3.98. The Kier molecular flexibility index (Phi) is 5.17. The highest BCUT2D eigenvalue weighted by atomic mass is 79.9. The summed E-state index contributed by atoms with van der Waals surface area (Å²) >= 11 is 3.36. The van der Waals surface area contributed by atoms with Crippen LogP contribution in [0.4, 0.5) is 8.78 Å².